The molecule has 4 rings (SSSR count). The molecule has 1 atom stereocenters. The van der Waals surface area contributed by atoms with E-state index in [4.69, 9.17) is 21.1 Å². The summed E-state index contributed by atoms with van der Waals surface area (Å²) in [5.74, 6) is -0.0256. The van der Waals surface area contributed by atoms with Crippen molar-refractivity contribution < 1.29 is 19.1 Å². The highest BCUT2D eigenvalue weighted by Gasteiger charge is 2.28. The highest BCUT2D eigenvalue weighted by molar-refractivity contribution is 6.30. The number of carbonyl (C=O) groups excluding carboxylic acids is 2. The molecule has 0 unspecified atom stereocenters. The van der Waals surface area contributed by atoms with Gasteiger partial charge in [0.2, 0.25) is 0 Å². The minimum atomic E-state index is -0.270. The Morgan fingerprint density at radius 2 is 1.86 bits per heavy atom. The molecule has 188 valence electrons. The van der Waals surface area contributed by atoms with Crippen LogP contribution in [0.15, 0.2) is 48.5 Å². The Labute approximate surface area is 211 Å². The first-order valence-corrected chi connectivity index (χ1v) is 12.4. The third-order valence-corrected chi connectivity index (χ3v) is 6.54. The predicted octanol–water partition coefficient (Wildman–Crippen LogP) is 3.36. The number of hydrogen-bond donors (Lipinski definition) is 1. The fourth-order valence-electron chi connectivity index (χ4n) is 4.27. The Hall–Kier alpha value is -2.65. The Morgan fingerprint density at radius 3 is 2.60 bits per heavy atom. The first-order chi connectivity index (χ1) is 17.0. The van der Waals surface area contributed by atoms with Crippen LogP contribution in [0.2, 0.25) is 5.02 Å². The van der Waals surface area contributed by atoms with Gasteiger partial charge in [0.1, 0.15) is 0 Å². The van der Waals surface area contributed by atoms with E-state index in [1.54, 1.807) is 29.2 Å². The van der Waals surface area contributed by atoms with Crippen molar-refractivity contribution in [2.24, 2.45) is 0 Å². The molecule has 0 saturated carbocycles. The molecule has 2 saturated heterocycles. The van der Waals surface area contributed by atoms with E-state index >= 15 is 0 Å². The van der Waals surface area contributed by atoms with Gasteiger partial charge in [-0.1, -0.05) is 35.4 Å². The summed E-state index contributed by atoms with van der Waals surface area (Å²) < 4.78 is 11.4. The SMILES string of the molecule is Cc1ccc(C(=O)N(CCN2CCOCC2)C[C@@H]2CN(C(=O)Nc3cccc(Cl)c3)CCO2)cc1. The predicted molar refractivity (Wildman–Crippen MR) is 136 cm³/mol. The molecule has 2 aromatic rings. The summed E-state index contributed by atoms with van der Waals surface area (Å²) in [6, 6.07) is 14.5. The number of nitrogens with one attached hydrogen (secondary N) is 1. The van der Waals surface area contributed by atoms with Crippen molar-refractivity contribution in [2.75, 3.05) is 71.0 Å². The van der Waals surface area contributed by atoms with Gasteiger partial charge in [-0.2, -0.15) is 0 Å². The average Bonchev–Trinajstić information content (AvgIpc) is 2.87. The zero-order valence-electron chi connectivity index (χ0n) is 20.1. The summed E-state index contributed by atoms with van der Waals surface area (Å²) in [6.45, 7) is 8.25. The number of anilines is 1. The van der Waals surface area contributed by atoms with Crippen molar-refractivity contribution in [3.05, 3.63) is 64.7 Å². The number of morpholine rings is 2. The van der Waals surface area contributed by atoms with E-state index in [0.29, 0.717) is 62.3 Å². The molecule has 2 aromatic carbocycles. The topological polar surface area (TPSA) is 74.4 Å². The van der Waals surface area contributed by atoms with Crippen LogP contribution in [-0.2, 0) is 9.47 Å². The van der Waals surface area contributed by atoms with Crippen molar-refractivity contribution in [1.82, 2.24) is 14.7 Å². The quantitative estimate of drug-likeness (QED) is 0.631. The number of nitrogens with zero attached hydrogens (tertiary/aromatic N) is 3. The lowest BCUT2D eigenvalue weighted by molar-refractivity contribution is -0.0282. The van der Waals surface area contributed by atoms with Crippen LogP contribution in [0.4, 0.5) is 10.5 Å². The van der Waals surface area contributed by atoms with Crippen LogP contribution >= 0.6 is 11.6 Å². The van der Waals surface area contributed by atoms with E-state index < -0.39 is 0 Å². The number of benzene rings is 2. The largest absolute Gasteiger partial charge is 0.379 e. The second kappa shape index (κ2) is 12.4. The molecule has 0 aromatic heterocycles. The second-order valence-electron chi connectivity index (χ2n) is 8.95. The highest BCUT2D eigenvalue weighted by Crippen LogP contribution is 2.17. The molecule has 2 heterocycles. The van der Waals surface area contributed by atoms with Gasteiger partial charge in [-0.05, 0) is 37.3 Å². The maximum Gasteiger partial charge on any atom is 0.322 e. The average molecular weight is 501 g/mol. The lowest BCUT2D eigenvalue weighted by atomic mass is 10.1. The van der Waals surface area contributed by atoms with Crippen molar-refractivity contribution in [3.63, 3.8) is 0 Å². The summed E-state index contributed by atoms with van der Waals surface area (Å²) in [6.07, 6.45) is -0.270. The second-order valence-corrected chi connectivity index (χ2v) is 9.39. The van der Waals surface area contributed by atoms with Gasteiger partial charge in [0.15, 0.2) is 0 Å². The minimum Gasteiger partial charge on any atom is -0.379 e. The lowest BCUT2D eigenvalue weighted by Gasteiger charge is -2.36. The van der Waals surface area contributed by atoms with Crippen molar-refractivity contribution in [1.29, 1.82) is 0 Å². The van der Waals surface area contributed by atoms with Crippen LogP contribution in [0, 0.1) is 6.92 Å². The number of ether oxygens (including phenoxy) is 2. The monoisotopic (exact) mass is 500 g/mol. The Bertz CT molecular complexity index is 997. The molecular weight excluding hydrogens is 468 g/mol. The molecule has 0 aliphatic carbocycles. The van der Waals surface area contributed by atoms with Crippen LogP contribution in [-0.4, -0.2) is 98.4 Å². The smallest absolute Gasteiger partial charge is 0.322 e. The number of hydrogen-bond acceptors (Lipinski definition) is 5. The van der Waals surface area contributed by atoms with Crippen LogP contribution in [0.1, 0.15) is 15.9 Å². The number of halogens is 1. The molecule has 0 bridgehead atoms. The van der Waals surface area contributed by atoms with Gasteiger partial charge in [-0.3, -0.25) is 9.69 Å². The molecule has 2 aliphatic rings. The maximum atomic E-state index is 13.4. The molecule has 3 amide bonds. The normalized spacial score (nSPS) is 18.8. The molecule has 35 heavy (non-hydrogen) atoms. The molecule has 9 heteroatoms. The van der Waals surface area contributed by atoms with Gasteiger partial charge in [-0.25, -0.2) is 4.79 Å². The molecule has 8 nitrogen and oxygen atoms in total. The molecule has 2 aliphatic heterocycles. The Kier molecular flexibility index (Phi) is 8.98. The Morgan fingerprint density at radius 1 is 1.09 bits per heavy atom. The van der Waals surface area contributed by atoms with Crippen molar-refractivity contribution in [3.8, 4) is 0 Å². The molecule has 0 radical (unpaired) electrons. The first-order valence-electron chi connectivity index (χ1n) is 12.1. The van der Waals surface area contributed by atoms with E-state index in [1.807, 2.05) is 36.1 Å². The van der Waals surface area contributed by atoms with Gasteiger partial charge < -0.3 is 24.6 Å². The number of carbonyl (C=O) groups is 2. The summed E-state index contributed by atoms with van der Waals surface area (Å²) in [7, 11) is 0. The number of rotatable bonds is 7. The van der Waals surface area contributed by atoms with Crippen LogP contribution in [0.3, 0.4) is 0 Å². The first kappa shape index (κ1) is 25.4. The zero-order valence-corrected chi connectivity index (χ0v) is 20.9. The Balaban J connectivity index is 1.40. The van der Waals surface area contributed by atoms with E-state index in [1.165, 1.54) is 0 Å². The van der Waals surface area contributed by atoms with Crippen molar-refractivity contribution in [2.45, 2.75) is 13.0 Å². The molecule has 1 N–H and O–H groups in total. The van der Waals surface area contributed by atoms with Crippen molar-refractivity contribution >= 4 is 29.2 Å². The third-order valence-electron chi connectivity index (χ3n) is 6.30. The van der Waals surface area contributed by atoms with Gasteiger partial charge in [0.25, 0.3) is 5.91 Å². The molecule has 2 fully saturated rings. The fourth-order valence-corrected chi connectivity index (χ4v) is 4.46. The summed E-state index contributed by atoms with van der Waals surface area (Å²) in [4.78, 5) is 32.1. The standard InChI is InChI=1S/C26H33ClN4O4/c1-20-5-7-21(8-6-20)25(32)30(10-9-29-11-14-34-15-12-29)18-24-19-31(13-16-35-24)26(33)28-23-4-2-3-22(27)17-23/h2-8,17,24H,9-16,18-19H2,1H3,(H,28,33)/t24-/m1/s1. The lowest BCUT2D eigenvalue weighted by Crippen LogP contribution is -2.52. The third kappa shape index (κ3) is 7.41. The van der Waals surface area contributed by atoms with Gasteiger partial charge in [0.05, 0.1) is 32.5 Å². The van der Waals surface area contributed by atoms with Crippen LogP contribution < -0.4 is 5.32 Å². The summed E-state index contributed by atoms with van der Waals surface area (Å²) in [5, 5.41) is 3.46. The number of aryl methyl sites for hydroxylation is 1. The minimum absolute atomic E-state index is 0.0256. The molecule has 0 spiro atoms. The van der Waals surface area contributed by atoms with E-state index in [-0.39, 0.29) is 18.0 Å². The van der Waals surface area contributed by atoms with Crippen LogP contribution in [0.5, 0.6) is 0 Å². The highest BCUT2D eigenvalue weighted by atomic mass is 35.5. The van der Waals surface area contributed by atoms with E-state index in [2.05, 4.69) is 10.2 Å². The fraction of sp³-hybridized carbons (Fsp3) is 0.462. The summed E-state index contributed by atoms with van der Waals surface area (Å²) >= 11 is 6.04. The van der Waals surface area contributed by atoms with Crippen LogP contribution in [0.25, 0.3) is 0 Å². The maximum absolute atomic E-state index is 13.4. The van der Waals surface area contributed by atoms with Gasteiger partial charge in [-0.15, -0.1) is 0 Å². The van der Waals surface area contributed by atoms with E-state index in [9.17, 15) is 9.59 Å². The number of amides is 3. The van der Waals surface area contributed by atoms with Gasteiger partial charge >= 0.3 is 6.03 Å². The number of urea groups is 1. The van der Waals surface area contributed by atoms with E-state index in [0.717, 1.165) is 25.2 Å². The zero-order chi connectivity index (χ0) is 24.6. The molecular formula is C26H33ClN4O4. The van der Waals surface area contributed by atoms with Gasteiger partial charge in [0, 0.05) is 55.5 Å². The summed E-state index contributed by atoms with van der Waals surface area (Å²) in [5.41, 5.74) is 2.41.